The lowest BCUT2D eigenvalue weighted by molar-refractivity contribution is -0.148. The van der Waals surface area contributed by atoms with Crippen molar-refractivity contribution < 1.29 is 96.8 Å². The van der Waals surface area contributed by atoms with Gasteiger partial charge in [0.05, 0.1) is 25.3 Å². The van der Waals surface area contributed by atoms with Crippen molar-refractivity contribution in [1.82, 2.24) is 93.0 Å². The van der Waals surface area contributed by atoms with Crippen molar-refractivity contribution in [2.75, 3.05) is 78.6 Å². The van der Waals surface area contributed by atoms with Gasteiger partial charge in [0.1, 0.15) is 90.3 Å². The van der Waals surface area contributed by atoms with Gasteiger partial charge in [0, 0.05) is 107 Å². The topological polar surface area (TPSA) is 659 Å². The Morgan fingerprint density at radius 2 is 1.00 bits per heavy atom. The van der Waals surface area contributed by atoms with Crippen LogP contribution in [0.5, 0.6) is 5.75 Å². The molecule has 3 aliphatic heterocycles. The Labute approximate surface area is 748 Å². The zero-order valence-corrected chi connectivity index (χ0v) is 73.9. The van der Waals surface area contributed by atoms with Crippen LogP contribution < -0.4 is 81.4 Å². The van der Waals surface area contributed by atoms with E-state index in [0.717, 1.165) is 36.3 Å². The lowest BCUT2D eigenvalue weighted by atomic mass is 10.0. The summed E-state index contributed by atoms with van der Waals surface area (Å²) in [7, 11) is 3.81. The fourth-order valence-electron chi connectivity index (χ4n) is 15.6. The van der Waals surface area contributed by atoms with Gasteiger partial charge in [-0.25, -0.2) is 0 Å². The molecule has 3 aromatic carbocycles. The number of phenolic OH excluding ortho intramolecular Hbond substituents is 1. The first-order valence-corrected chi connectivity index (χ1v) is 44.1. The van der Waals surface area contributed by atoms with Gasteiger partial charge in [-0.2, -0.15) is 0 Å². The summed E-state index contributed by atoms with van der Waals surface area (Å²) in [4.78, 5) is 258. The largest absolute Gasteiger partial charge is 0.508 e. The maximum atomic E-state index is 15.3. The number of nitrogens with one attached hydrogen (secondary N) is 14. The van der Waals surface area contributed by atoms with Gasteiger partial charge in [-0.15, -0.1) is 11.8 Å². The Morgan fingerprint density at radius 1 is 0.504 bits per heavy atom. The summed E-state index contributed by atoms with van der Waals surface area (Å²) >= 11 is 0.756. The van der Waals surface area contributed by atoms with Crippen LogP contribution in [0.4, 0.5) is 0 Å². The van der Waals surface area contributed by atoms with E-state index in [9.17, 15) is 72.9 Å². The molecule has 0 spiro atoms. The van der Waals surface area contributed by atoms with Crippen LogP contribution in [0.1, 0.15) is 121 Å². The number of aromatic hydroxyl groups is 1. The van der Waals surface area contributed by atoms with Crippen molar-refractivity contribution in [3.05, 3.63) is 102 Å². The molecule has 3 saturated heterocycles. The molecule has 0 bridgehead atoms. The summed E-state index contributed by atoms with van der Waals surface area (Å²) < 4.78 is 0. The number of aromatic nitrogens is 2. The third-order valence-corrected chi connectivity index (χ3v) is 24.1. The summed E-state index contributed by atoms with van der Waals surface area (Å²) in [6, 6.07) is -1.79. The van der Waals surface area contributed by atoms with Gasteiger partial charge in [0.2, 0.25) is 100 Å². The number of nitrogens with zero attached hydrogens (tertiary/aromatic N) is 5. The number of guanidine groups is 1. The van der Waals surface area contributed by atoms with E-state index in [0.29, 0.717) is 44.9 Å². The number of H-pyrrole nitrogens is 2. The number of carbonyl (C=O) groups excluding carboxylic acids is 17. The number of aromatic amines is 2. The molecule has 8 rings (SSSR count). The molecule has 0 saturated carbocycles. The summed E-state index contributed by atoms with van der Waals surface area (Å²) in [5.74, 6) is -17.6. The van der Waals surface area contributed by atoms with E-state index in [1.165, 1.54) is 59.3 Å². The van der Waals surface area contributed by atoms with E-state index < -0.39 is 235 Å². The number of hydrogen-bond acceptors (Lipinski definition) is 23. The highest BCUT2D eigenvalue weighted by Gasteiger charge is 2.45. The van der Waals surface area contributed by atoms with Crippen molar-refractivity contribution in [3.8, 4) is 5.75 Å². The first-order chi connectivity index (χ1) is 61.5. The van der Waals surface area contributed by atoms with Crippen molar-refractivity contribution in [3.63, 3.8) is 0 Å². The zero-order valence-electron chi connectivity index (χ0n) is 73.1. The van der Waals surface area contributed by atoms with Crippen molar-refractivity contribution >= 4 is 140 Å². The number of primary amides is 2. The predicted molar refractivity (Wildman–Crippen MR) is 473 cm³/mol. The van der Waals surface area contributed by atoms with E-state index in [1.807, 2.05) is 0 Å². The fraction of sp³-hybridized carbons (Fsp3) is 0.529. The minimum absolute atomic E-state index is 0.00704. The summed E-state index contributed by atoms with van der Waals surface area (Å²) in [5.41, 5.74) is 25.5. The fourth-order valence-corrected chi connectivity index (χ4v) is 16.5. The van der Waals surface area contributed by atoms with Gasteiger partial charge in [-0.05, 0) is 126 Å². The molecule has 3 aliphatic rings. The van der Waals surface area contributed by atoms with Crippen LogP contribution in [-0.2, 0) is 101 Å². The molecule has 44 heteroatoms. The van der Waals surface area contributed by atoms with Crippen LogP contribution in [0.25, 0.3) is 21.8 Å². The maximum Gasteiger partial charge on any atom is 0.246 e. The molecule has 5 heterocycles. The Kier molecular flexibility index (Phi) is 38.4. The van der Waals surface area contributed by atoms with Crippen molar-refractivity contribution in [1.29, 1.82) is 5.41 Å². The van der Waals surface area contributed by atoms with E-state index in [-0.39, 0.29) is 115 Å². The van der Waals surface area contributed by atoms with Crippen LogP contribution in [0, 0.1) is 5.41 Å². The second-order valence-corrected chi connectivity index (χ2v) is 33.4. The average Bonchev–Trinajstić information content (AvgIpc) is 1.77. The number of thioether (sulfide) groups is 1. The standard InChI is InChI=1S/C85H121N23O20S/c1-7-8-23-65-77(121)101-62(39-68(87)112)84(128)108-34-16-25-67(108)79(123)102-63(43-110)76(120)98-58(30-35-109)83(127)107-33-15-24-66(107)78(122)99-59(37-49-40-92-54-19-11-9-17-52(49)54)75(119)97-56(21-13-31-86)73(117)100-61(38-50-41-93-55-20-12-10-18-53(50)55)81(125)105(5)47(3)80(124)104(4)46(2)71(115)96-57(22-14-32-91-85(89)90)74(118)103-64(72(116)94-42-69(88)113)44-129-45-70(114)95-60(82(126)106(65)6)36-48-26-28-51(111)29-27-48/h9-12,17-20,26-29,40-41,46-47,56-67,92-93,109-111H,7-8,13-16,21-25,30-39,42-45,86H2,1-6H3,(H2,87,112)(H2,88,113)(H,94,116)(H,95,114)(H,96,115)(H,97,119)(H,98,120)(H,99,122)(H,100,117)(H,101,121)(H,102,123)(H,103,118)(H4,89,90,91)/t46-,47-,56-,57-,58-,59-,60-,61-,62+,63-,64-,65-,66-,67-/m0/s1. The minimum Gasteiger partial charge on any atom is -0.508 e. The molecule has 702 valence electrons. The highest BCUT2D eigenvalue weighted by atomic mass is 32.2. The SMILES string of the molecule is CCCC[C@H]1C(=O)N[C@H](CC(N)=O)C(=O)N2CCC[C@H]2C(=O)N[C@@H](CO)C(=O)N[C@@H](CCO)C(=O)N2CCC[C@H]2C(=O)N[C@@H](Cc2c[nH]c3ccccc23)C(=O)N[C@@H](CCCN)C(=O)N[C@@H](Cc2c[nH]c3ccccc23)C(=O)N(C)[C@@H](C)C(=O)N(C)[C@@H](C)C(=O)N[C@@H](CCCNC(=N)N)C(=O)N[C@H](C(=O)NCC(N)=O)CSCC(=O)N[C@@H](Cc2ccc(O)cc2)C(=O)N1C. The molecule has 17 amide bonds. The first-order valence-electron chi connectivity index (χ1n) is 42.9. The minimum atomic E-state index is -1.84. The summed E-state index contributed by atoms with van der Waals surface area (Å²) in [5, 5.41) is 69.1. The average molecular weight is 1820 g/mol. The molecule has 2 aromatic heterocycles. The quantitative estimate of drug-likeness (QED) is 0.0156. The molecule has 129 heavy (non-hydrogen) atoms. The number of benzene rings is 3. The number of rotatable bonds is 24. The van der Waals surface area contributed by atoms with Gasteiger partial charge in [0.15, 0.2) is 5.96 Å². The van der Waals surface area contributed by atoms with Crippen molar-refractivity contribution in [2.45, 2.75) is 208 Å². The lowest BCUT2D eigenvalue weighted by Gasteiger charge is -2.34. The number of para-hydroxylation sites is 2. The van der Waals surface area contributed by atoms with Gasteiger partial charge in [-0.3, -0.25) is 86.9 Å². The predicted octanol–water partition coefficient (Wildman–Crippen LogP) is -4.96. The number of likely N-dealkylation sites (N-methyl/N-ethyl adjacent to an activating group) is 3. The van der Waals surface area contributed by atoms with Gasteiger partial charge >= 0.3 is 0 Å². The van der Waals surface area contributed by atoms with Crippen LogP contribution in [0.3, 0.4) is 0 Å². The Bertz CT molecular complexity index is 4860. The van der Waals surface area contributed by atoms with Crippen LogP contribution in [0.15, 0.2) is 85.2 Å². The van der Waals surface area contributed by atoms with E-state index in [2.05, 4.69) is 68.5 Å². The molecular formula is C85H121N23O20S. The smallest absolute Gasteiger partial charge is 0.246 e. The zero-order chi connectivity index (χ0) is 94.5. The van der Waals surface area contributed by atoms with Gasteiger partial charge in [0.25, 0.3) is 0 Å². The van der Waals surface area contributed by atoms with E-state index in [4.69, 9.17) is 28.3 Å². The molecule has 5 aromatic rings. The molecule has 3 fully saturated rings. The third-order valence-electron chi connectivity index (χ3n) is 23.1. The molecule has 43 nitrogen and oxygen atoms in total. The molecule has 0 radical (unpaired) electrons. The Balaban J connectivity index is 1.16. The number of aliphatic hydroxyl groups is 2. The molecule has 25 N–H and O–H groups in total. The van der Waals surface area contributed by atoms with Crippen LogP contribution in [-0.4, -0.2) is 319 Å². The number of carbonyl (C=O) groups is 17. The molecule has 0 unspecified atom stereocenters. The first kappa shape index (κ1) is 101. The van der Waals surface area contributed by atoms with E-state index in [1.54, 1.807) is 67.8 Å². The Morgan fingerprint density at radius 3 is 1.57 bits per heavy atom. The van der Waals surface area contributed by atoms with Crippen LogP contribution >= 0.6 is 11.8 Å². The second kappa shape index (κ2) is 48.8. The molecular weight excluding hydrogens is 1700 g/mol. The highest BCUT2D eigenvalue weighted by Crippen LogP contribution is 2.27. The summed E-state index contributed by atoms with van der Waals surface area (Å²) in [6.07, 6.45) is 2.07. The number of aliphatic hydroxyl groups excluding tert-OH is 2. The van der Waals surface area contributed by atoms with E-state index >= 15 is 24.0 Å². The van der Waals surface area contributed by atoms with Crippen LogP contribution in [0.2, 0.25) is 0 Å². The normalized spacial score (nSPS) is 24.7. The highest BCUT2D eigenvalue weighted by molar-refractivity contribution is 8.00. The van der Waals surface area contributed by atoms with Crippen molar-refractivity contribution in [2.24, 2.45) is 22.9 Å². The molecule has 0 aliphatic carbocycles. The Hall–Kier alpha value is -13.0. The number of hydrogen-bond donors (Lipinski definition) is 21. The number of amides is 17. The summed E-state index contributed by atoms with van der Waals surface area (Å²) in [6.45, 7) is 1.71. The number of unbranched alkanes of at least 4 members (excludes halogenated alkanes) is 1. The van der Waals surface area contributed by atoms with Gasteiger partial charge in [-0.1, -0.05) is 68.3 Å². The molecule has 14 atom stereocenters. The maximum absolute atomic E-state index is 15.3. The lowest BCUT2D eigenvalue weighted by Crippen LogP contribution is -2.61. The third kappa shape index (κ3) is 28.3. The van der Waals surface area contributed by atoms with Gasteiger partial charge < -0.3 is 131 Å². The number of fused-ring (bicyclic) bond motifs is 4. The second-order valence-electron chi connectivity index (χ2n) is 32.3. The monoisotopic (exact) mass is 1820 g/mol. The number of nitrogens with two attached hydrogens (primary N) is 4. The number of phenols is 1.